The maximum atomic E-state index is 2.27. The number of hydrogen-bond donors (Lipinski definition) is 0. The van der Waals surface area contributed by atoms with E-state index in [2.05, 4.69) is 25.6 Å². The molecule has 0 aliphatic rings. The number of rotatable bonds is 8. The molecule has 0 heterocycles. The van der Waals surface area contributed by atoms with Crippen LogP contribution < -0.4 is 0 Å². The summed E-state index contributed by atoms with van der Waals surface area (Å²) in [5.74, 6) is 2.77. The highest BCUT2D eigenvalue weighted by atomic mass is 32.2. The molecule has 0 bridgehead atoms. The van der Waals surface area contributed by atoms with Gasteiger partial charge in [-0.3, -0.25) is 0 Å². The Hall–Kier alpha value is 0.350. The summed E-state index contributed by atoms with van der Waals surface area (Å²) in [6.07, 6.45) is 8.40. The zero-order valence-electron chi connectivity index (χ0n) is 9.07. The minimum absolute atomic E-state index is 0. The Labute approximate surface area is 77.6 Å². The molecular formula is C10H23S+. The summed E-state index contributed by atoms with van der Waals surface area (Å²) >= 11 is 2.13. The van der Waals surface area contributed by atoms with E-state index in [1.54, 1.807) is 0 Å². The number of hydrogen-bond acceptors (Lipinski definition) is 1. The van der Waals surface area contributed by atoms with E-state index in [-0.39, 0.29) is 1.43 Å². The quantitative estimate of drug-likeness (QED) is 0.498. The molecule has 0 aliphatic carbocycles. The van der Waals surface area contributed by atoms with Gasteiger partial charge in [0.2, 0.25) is 0 Å². The predicted octanol–water partition coefficient (Wildman–Crippen LogP) is 4.21. The summed E-state index contributed by atoms with van der Waals surface area (Å²) in [7, 11) is 0. The minimum Gasteiger partial charge on any atom is -0.162 e. The molecule has 0 saturated carbocycles. The van der Waals surface area contributed by atoms with Gasteiger partial charge in [-0.05, 0) is 24.3 Å². The van der Waals surface area contributed by atoms with Gasteiger partial charge in [-0.15, -0.1) is 0 Å². The first-order valence-electron chi connectivity index (χ1n) is 4.99. The molecule has 0 saturated heterocycles. The van der Waals surface area contributed by atoms with Crippen LogP contribution in [-0.2, 0) is 0 Å². The monoisotopic (exact) mass is 175 g/mol. The first kappa shape index (κ1) is 11.4. The molecule has 1 heteroatoms. The van der Waals surface area contributed by atoms with Gasteiger partial charge in [0.1, 0.15) is 0 Å². The van der Waals surface area contributed by atoms with Crippen molar-refractivity contribution < 1.29 is 1.43 Å². The molecule has 11 heavy (non-hydrogen) atoms. The second-order valence-corrected chi connectivity index (χ2v) is 4.25. The number of thioether (sulfide) groups is 1. The average molecular weight is 175 g/mol. The Balaban J connectivity index is 0. The smallest absolute Gasteiger partial charge is 0.162 e. The zero-order chi connectivity index (χ0) is 8.36. The fourth-order valence-corrected chi connectivity index (χ4v) is 2.03. The fraction of sp³-hybridized carbons (Fsp3) is 1.00. The van der Waals surface area contributed by atoms with E-state index < -0.39 is 0 Å². The van der Waals surface area contributed by atoms with E-state index in [1.165, 1.54) is 50.0 Å². The van der Waals surface area contributed by atoms with Gasteiger partial charge in [0.25, 0.3) is 0 Å². The molecule has 0 N–H and O–H groups in total. The minimum atomic E-state index is 0. The normalized spacial score (nSPS) is 10.4. The van der Waals surface area contributed by atoms with E-state index in [1.807, 2.05) is 0 Å². The fourth-order valence-electron chi connectivity index (χ4n) is 1.01. The summed E-state index contributed by atoms with van der Waals surface area (Å²) in [5.41, 5.74) is 0. The average Bonchev–Trinajstić information content (AvgIpc) is 2.03. The molecular weight excluding hydrogens is 152 g/mol. The van der Waals surface area contributed by atoms with Gasteiger partial charge in [-0.2, -0.15) is 11.8 Å². The molecule has 0 amide bonds. The highest BCUT2D eigenvalue weighted by Crippen LogP contribution is 2.09. The van der Waals surface area contributed by atoms with Crippen molar-refractivity contribution in [2.75, 3.05) is 11.5 Å². The zero-order valence-corrected chi connectivity index (χ0v) is 8.88. The van der Waals surface area contributed by atoms with Crippen LogP contribution in [0.4, 0.5) is 0 Å². The lowest BCUT2D eigenvalue weighted by Gasteiger charge is -1.99. The Bertz CT molecular complexity index is 58.9. The number of unbranched alkanes of at least 4 members (excludes halogenated alkanes) is 4. The first-order valence-corrected chi connectivity index (χ1v) is 6.15. The van der Waals surface area contributed by atoms with E-state index in [0.29, 0.717) is 0 Å². The molecule has 0 aromatic rings. The van der Waals surface area contributed by atoms with Crippen molar-refractivity contribution in [3.63, 3.8) is 0 Å². The van der Waals surface area contributed by atoms with Gasteiger partial charge >= 0.3 is 1.43 Å². The van der Waals surface area contributed by atoms with Gasteiger partial charge < -0.3 is 0 Å². The maximum absolute atomic E-state index is 2.27. The Kier molecular flexibility index (Phi) is 10.7. The molecule has 0 aromatic carbocycles. The highest BCUT2D eigenvalue weighted by Gasteiger charge is 1.88. The molecule has 0 unspecified atom stereocenters. The van der Waals surface area contributed by atoms with Gasteiger partial charge in [0.05, 0.1) is 0 Å². The Morgan fingerprint density at radius 2 is 1.27 bits per heavy atom. The third kappa shape index (κ3) is 10.4. The topological polar surface area (TPSA) is 0 Å². The van der Waals surface area contributed by atoms with Crippen molar-refractivity contribution in [2.45, 2.75) is 52.4 Å². The SMILES string of the molecule is CCCCCSCCCCC.[H+]. The van der Waals surface area contributed by atoms with Crippen LogP contribution >= 0.6 is 11.8 Å². The van der Waals surface area contributed by atoms with Gasteiger partial charge in [-0.25, -0.2) is 0 Å². The van der Waals surface area contributed by atoms with Gasteiger partial charge in [0.15, 0.2) is 0 Å². The summed E-state index contributed by atoms with van der Waals surface area (Å²) in [5, 5.41) is 0. The largest absolute Gasteiger partial charge is 1.00 e. The van der Waals surface area contributed by atoms with Crippen molar-refractivity contribution in [3.8, 4) is 0 Å². The summed E-state index contributed by atoms with van der Waals surface area (Å²) in [6.45, 7) is 4.53. The van der Waals surface area contributed by atoms with Crippen molar-refractivity contribution in [1.82, 2.24) is 0 Å². The van der Waals surface area contributed by atoms with Crippen molar-refractivity contribution in [1.29, 1.82) is 0 Å². The molecule has 0 fully saturated rings. The predicted molar refractivity (Wildman–Crippen MR) is 57.5 cm³/mol. The Morgan fingerprint density at radius 1 is 0.818 bits per heavy atom. The van der Waals surface area contributed by atoms with Crippen LogP contribution in [0.15, 0.2) is 0 Å². The molecule has 0 radical (unpaired) electrons. The van der Waals surface area contributed by atoms with Gasteiger partial charge in [-0.1, -0.05) is 39.5 Å². The van der Waals surface area contributed by atoms with Crippen LogP contribution in [0.2, 0.25) is 0 Å². The van der Waals surface area contributed by atoms with Crippen LogP contribution in [0.3, 0.4) is 0 Å². The Morgan fingerprint density at radius 3 is 1.64 bits per heavy atom. The molecule has 0 nitrogen and oxygen atoms in total. The molecule has 0 aliphatic heterocycles. The molecule has 0 spiro atoms. The maximum Gasteiger partial charge on any atom is 1.00 e. The standard InChI is InChI=1S/C10H22S/c1-3-5-7-9-11-10-8-6-4-2/h3-10H2,1-2H3/p+1. The van der Waals surface area contributed by atoms with Gasteiger partial charge in [0, 0.05) is 0 Å². The van der Waals surface area contributed by atoms with Crippen molar-refractivity contribution in [2.24, 2.45) is 0 Å². The van der Waals surface area contributed by atoms with E-state index in [4.69, 9.17) is 0 Å². The van der Waals surface area contributed by atoms with Crippen molar-refractivity contribution >= 4 is 11.8 Å². The molecule has 68 valence electrons. The molecule has 0 aromatic heterocycles. The van der Waals surface area contributed by atoms with E-state index >= 15 is 0 Å². The van der Waals surface area contributed by atoms with Crippen LogP contribution in [0, 0.1) is 0 Å². The summed E-state index contributed by atoms with van der Waals surface area (Å²) in [4.78, 5) is 0. The summed E-state index contributed by atoms with van der Waals surface area (Å²) in [6, 6.07) is 0. The molecule has 0 rings (SSSR count). The first-order chi connectivity index (χ1) is 5.41. The highest BCUT2D eigenvalue weighted by molar-refractivity contribution is 7.99. The van der Waals surface area contributed by atoms with Crippen LogP contribution in [0.25, 0.3) is 0 Å². The molecule has 0 atom stereocenters. The van der Waals surface area contributed by atoms with E-state index in [0.717, 1.165) is 0 Å². The third-order valence-corrected chi connectivity index (χ3v) is 2.94. The van der Waals surface area contributed by atoms with Crippen LogP contribution in [-0.4, -0.2) is 11.5 Å². The summed E-state index contributed by atoms with van der Waals surface area (Å²) < 4.78 is 0. The van der Waals surface area contributed by atoms with Crippen LogP contribution in [0.5, 0.6) is 0 Å². The lowest BCUT2D eigenvalue weighted by molar-refractivity contribution is 0.768. The van der Waals surface area contributed by atoms with Crippen LogP contribution in [0.1, 0.15) is 53.8 Å². The second-order valence-electron chi connectivity index (χ2n) is 3.03. The van der Waals surface area contributed by atoms with E-state index in [9.17, 15) is 0 Å². The van der Waals surface area contributed by atoms with Crippen molar-refractivity contribution in [3.05, 3.63) is 0 Å². The second kappa shape index (κ2) is 10.3. The third-order valence-electron chi connectivity index (χ3n) is 1.78. The lowest BCUT2D eigenvalue weighted by Crippen LogP contribution is -1.83. The lowest BCUT2D eigenvalue weighted by atomic mass is 10.3.